The summed E-state index contributed by atoms with van der Waals surface area (Å²) in [5, 5.41) is 13.7. The van der Waals surface area contributed by atoms with Gasteiger partial charge < -0.3 is 15.6 Å². The maximum atomic E-state index is 12.3. The van der Waals surface area contributed by atoms with E-state index in [1.54, 1.807) is 4.57 Å². The lowest BCUT2D eigenvalue weighted by atomic mass is 9.93. The van der Waals surface area contributed by atoms with Gasteiger partial charge in [-0.15, -0.1) is 0 Å². The summed E-state index contributed by atoms with van der Waals surface area (Å²) < 4.78 is 1.57. The van der Waals surface area contributed by atoms with Gasteiger partial charge in [-0.2, -0.15) is 0 Å². The normalized spacial score (nSPS) is 11.4. The summed E-state index contributed by atoms with van der Waals surface area (Å²) in [6.07, 6.45) is 2.79. The first-order chi connectivity index (χ1) is 9.42. The SMILES string of the molecule is CCn1cc([N+](=O)[O-])cc1C(=O)NC(CC)(CC)CN. The van der Waals surface area contributed by atoms with Crippen LogP contribution in [0.1, 0.15) is 44.1 Å². The van der Waals surface area contributed by atoms with Gasteiger partial charge >= 0.3 is 0 Å². The third-order valence-electron chi connectivity index (χ3n) is 3.79. The third-order valence-corrected chi connectivity index (χ3v) is 3.79. The van der Waals surface area contributed by atoms with Crippen LogP contribution in [0.15, 0.2) is 12.3 Å². The van der Waals surface area contributed by atoms with Crippen LogP contribution in [0, 0.1) is 10.1 Å². The van der Waals surface area contributed by atoms with Crippen molar-refractivity contribution in [3.63, 3.8) is 0 Å². The fourth-order valence-electron chi connectivity index (χ4n) is 2.12. The predicted molar refractivity (Wildman–Crippen MR) is 76.6 cm³/mol. The number of aromatic nitrogens is 1. The van der Waals surface area contributed by atoms with Gasteiger partial charge in [-0.25, -0.2) is 0 Å². The highest BCUT2D eigenvalue weighted by Gasteiger charge is 2.29. The van der Waals surface area contributed by atoms with Crippen molar-refractivity contribution in [2.24, 2.45) is 5.73 Å². The van der Waals surface area contributed by atoms with Crippen LogP contribution in [0.5, 0.6) is 0 Å². The number of carbonyl (C=O) groups is 1. The minimum atomic E-state index is -0.501. The molecule has 1 heterocycles. The van der Waals surface area contributed by atoms with Crippen molar-refractivity contribution in [3.8, 4) is 0 Å². The monoisotopic (exact) mass is 282 g/mol. The van der Waals surface area contributed by atoms with Gasteiger partial charge in [0, 0.05) is 19.2 Å². The lowest BCUT2D eigenvalue weighted by Crippen LogP contribution is -2.53. The number of nitrogens with one attached hydrogen (secondary N) is 1. The third kappa shape index (κ3) is 3.16. The van der Waals surface area contributed by atoms with Gasteiger partial charge in [-0.1, -0.05) is 13.8 Å². The molecule has 20 heavy (non-hydrogen) atoms. The molecule has 1 aromatic heterocycles. The van der Waals surface area contributed by atoms with E-state index in [-0.39, 0.29) is 11.6 Å². The second kappa shape index (κ2) is 6.51. The molecule has 0 radical (unpaired) electrons. The zero-order chi connectivity index (χ0) is 15.3. The first-order valence-electron chi connectivity index (χ1n) is 6.80. The Kier molecular flexibility index (Phi) is 5.26. The Bertz CT molecular complexity index is 484. The highest BCUT2D eigenvalue weighted by molar-refractivity contribution is 5.94. The quantitative estimate of drug-likeness (QED) is 0.586. The number of nitrogens with zero attached hydrogens (tertiary/aromatic N) is 2. The molecule has 0 saturated heterocycles. The van der Waals surface area contributed by atoms with Gasteiger partial charge in [0.15, 0.2) is 0 Å². The zero-order valence-electron chi connectivity index (χ0n) is 12.2. The Hall–Kier alpha value is -1.89. The Morgan fingerprint density at radius 1 is 1.45 bits per heavy atom. The average molecular weight is 282 g/mol. The Morgan fingerprint density at radius 2 is 2.05 bits per heavy atom. The minimum Gasteiger partial charge on any atom is -0.344 e. The second-order valence-corrected chi connectivity index (χ2v) is 4.77. The van der Waals surface area contributed by atoms with Gasteiger partial charge in [-0.3, -0.25) is 14.9 Å². The van der Waals surface area contributed by atoms with Gasteiger partial charge in [0.25, 0.3) is 11.6 Å². The molecule has 0 atom stereocenters. The van der Waals surface area contributed by atoms with Crippen molar-refractivity contribution in [2.75, 3.05) is 6.54 Å². The fourth-order valence-corrected chi connectivity index (χ4v) is 2.12. The van der Waals surface area contributed by atoms with E-state index in [0.717, 1.165) is 0 Å². The van der Waals surface area contributed by atoms with Crippen molar-refractivity contribution in [3.05, 3.63) is 28.1 Å². The molecular weight excluding hydrogens is 260 g/mol. The molecule has 3 N–H and O–H groups in total. The lowest BCUT2D eigenvalue weighted by molar-refractivity contribution is -0.384. The van der Waals surface area contributed by atoms with Gasteiger partial charge in [0.2, 0.25) is 0 Å². The molecule has 0 aromatic carbocycles. The smallest absolute Gasteiger partial charge is 0.287 e. The van der Waals surface area contributed by atoms with Crippen LogP contribution in [0.2, 0.25) is 0 Å². The largest absolute Gasteiger partial charge is 0.344 e. The molecule has 0 aliphatic carbocycles. The van der Waals surface area contributed by atoms with E-state index in [4.69, 9.17) is 5.73 Å². The molecule has 0 bridgehead atoms. The second-order valence-electron chi connectivity index (χ2n) is 4.77. The summed E-state index contributed by atoms with van der Waals surface area (Å²) in [5.41, 5.74) is 5.50. The molecule has 0 spiro atoms. The number of rotatable bonds is 7. The first kappa shape index (κ1) is 16.2. The lowest BCUT2D eigenvalue weighted by Gasteiger charge is -2.31. The molecule has 7 heteroatoms. The van der Waals surface area contributed by atoms with Crippen LogP contribution in [-0.4, -0.2) is 27.5 Å². The van der Waals surface area contributed by atoms with Crippen molar-refractivity contribution in [2.45, 2.75) is 45.7 Å². The molecular formula is C13H22N4O3. The Balaban J connectivity index is 3.05. The topological polar surface area (TPSA) is 103 Å². The van der Waals surface area contributed by atoms with Crippen molar-refractivity contribution in [1.82, 2.24) is 9.88 Å². The molecule has 1 amide bonds. The van der Waals surface area contributed by atoms with E-state index < -0.39 is 10.5 Å². The fraction of sp³-hybridized carbons (Fsp3) is 0.615. The van der Waals surface area contributed by atoms with E-state index in [1.165, 1.54) is 12.3 Å². The maximum Gasteiger partial charge on any atom is 0.287 e. The number of hydrogen-bond acceptors (Lipinski definition) is 4. The number of nitrogens with two attached hydrogens (primary N) is 1. The van der Waals surface area contributed by atoms with Crippen LogP contribution >= 0.6 is 0 Å². The number of amides is 1. The molecule has 0 unspecified atom stereocenters. The summed E-state index contributed by atoms with van der Waals surface area (Å²) in [5.74, 6) is -0.325. The molecule has 112 valence electrons. The van der Waals surface area contributed by atoms with E-state index in [0.29, 0.717) is 31.6 Å². The summed E-state index contributed by atoms with van der Waals surface area (Å²) in [6.45, 7) is 6.57. The van der Waals surface area contributed by atoms with Crippen molar-refractivity contribution < 1.29 is 9.72 Å². The number of hydrogen-bond donors (Lipinski definition) is 2. The molecule has 1 aromatic rings. The molecule has 0 saturated carbocycles. The Morgan fingerprint density at radius 3 is 2.45 bits per heavy atom. The van der Waals surface area contributed by atoms with Crippen LogP contribution in [0.3, 0.4) is 0 Å². The number of carbonyl (C=O) groups excluding carboxylic acids is 1. The zero-order valence-corrected chi connectivity index (χ0v) is 12.2. The van der Waals surface area contributed by atoms with Crippen LogP contribution in [0.25, 0.3) is 0 Å². The summed E-state index contributed by atoms with van der Waals surface area (Å²) in [6, 6.07) is 1.30. The number of aryl methyl sites for hydroxylation is 1. The van der Waals surface area contributed by atoms with Crippen LogP contribution < -0.4 is 11.1 Å². The van der Waals surface area contributed by atoms with Crippen molar-refractivity contribution >= 4 is 11.6 Å². The highest BCUT2D eigenvalue weighted by atomic mass is 16.6. The minimum absolute atomic E-state index is 0.0802. The summed E-state index contributed by atoms with van der Waals surface area (Å²) >= 11 is 0. The summed E-state index contributed by atoms with van der Waals surface area (Å²) in [4.78, 5) is 22.6. The van der Waals surface area contributed by atoms with E-state index in [9.17, 15) is 14.9 Å². The number of nitro groups is 1. The average Bonchev–Trinajstić information content (AvgIpc) is 2.89. The standard InChI is InChI=1S/C13H22N4O3/c1-4-13(5-2,9-14)15-12(18)11-7-10(17(19)20)8-16(11)6-3/h7-8H,4-6,9,14H2,1-3H3,(H,15,18). The van der Waals surface area contributed by atoms with Crippen LogP contribution in [-0.2, 0) is 6.54 Å². The van der Waals surface area contributed by atoms with E-state index in [1.807, 2.05) is 20.8 Å². The van der Waals surface area contributed by atoms with Crippen LogP contribution in [0.4, 0.5) is 5.69 Å². The van der Waals surface area contributed by atoms with Crippen molar-refractivity contribution in [1.29, 1.82) is 0 Å². The summed E-state index contributed by atoms with van der Waals surface area (Å²) in [7, 11) is 0. The van der Waals surface area contributed by atoms with Gasteiger partial charge in [-0.05, 0) is 19.8 Å². The molecule has 0 aliphatic heterocycles. The Labute approximate surface area is 118 Å². The van der Waals surface area contributed by atoms with E-state index >= 15 is 0 Å². The molecule has 1 rings (SSSR count). The van der Waals surface area contributed by atoms with Gasteiger partial charge in [0.1, 0.15) is 5.69 Å². The molecule has 0 fully saturated rings. The molecule has 0 aliphatic rings. The van der Waals surface area contributed by atoms with Gasteiger partial charge in [0.05, 0.1) is 16.7 Å². The predicted octanol–water partition coefficient (Wildman–Crippen LogP) is 1.66. The first-order valence-corrected chi connectivity index (χ1v) is 6.80. The molecule has 7 nitrogen and oxygen atoms in total. The maximum absolute atomic E-state index is 12.3. The highest BCUT2D eigenvalue weighted by Crippen LogP contribution is 2.19. The van der Waals surface area contributed by atoms with E-state index in [2.05, 4.69) is 5.32 Å².